The molecule has 0 unspecified atom stereocenters. The van der Waals surface area contributed by atoms with Crippen LogP contribution in [0.5, 0.6) is 0 Å². The predicted molar refractivity (Wildman–Crippen MR) is 109 cm³/mol. The van der Waals surface area contributed by atoms with Gasteiger partial charge in [-0.05, 0) is 36.6 Å². The number of anilines is 1. The Hall–Kier alpha value is -1.91. The number of nitriles is 1. The van der Waals surface area contributed by atoms with Crippen molar-refractivity contribution in [3.05, 3.63) is 36.0 Å². The minimum atomic E-state index is -0.212. The van der Waals surface area contributed by atoms with Crippen LogP contribution in [0.15, 0.2) is 30.5 Å². The lowest BCUT2D eigenvalue weighted by Crippen LogP contribution is -2.65. The van der Waals surface area contributed by atoms with Crippen LogP contribution in [-0.4, -0.2) is 49.4 Å². The van der Waals surface area contributed by atoms with E-state index in [1.165, 1.54) is 0 Å². The maximum atomic E-state index is 9.36. The van der Waals surface area contributed by atoms with Crippen LogP contribution in [0, 0.1) is 17.2 Å². The van der Waals surface area contributed by atoms with E-state index in [9.17, 15) is 5.26 Å². The first-order chi connectivity index (χ1) is 12.6. The van der Waals surface area contributed by atoms with Crippen molar-refractivity contribution in [3.63, 3.8) is 0 Å². The van der Waals surface area contributed by atoms with Gasteiger partial charge in [0.15, 0.2) is 0 Å². The second-order valence-electron chi connectivity index (χ2n) is 7.82. The molecule has 0 spiro atoms. The predicted octanol–water partition coefficient (Wildman–Crippen LogP) is 2.06. The Labute approximate surface area is 166 Å². The van der Waals surface area contributed by atoms with E-state index >= 15 is 0 Å². The molecule has 3 N–H and O–H groups in total. The van der Waals surface area contributed by atoms with E-state index in [0.29, 0.717) is 30.7 Å². The molecule has 2 fully saturated rings. The SMILES string of the molecule is C[C@H]1C[C@@H](NCC2(N)COC2)CN(c2ccc(C#N)c3ncccc23)C1.Cl. The van der Waals surface area contributed by atoms with Crippen molar-refractivity contribution in [1.82, 2.24) is 10.3 Å². The number of nitrogens with zero attached hydrogens (tertiary/aromatic N) is 3. The highest BCUT2D eigenvalue weighted by Gasteiger charge is 2.35. The number of benzene rings is 1. The van der Waals surface area contributed by atoms with E-state index in [2.05, 4.69) is 40.3 Å². The van der Waals surface area contributed by atoms with Gasteiger partial charge in [-0.15, -0.1) is 12.4 Å². The van der Waals surface area contributed by atoms with Gasteiger partial charge >= 0.3 is 0 Å². The Morgan fingerprint density at radius 3 is 2.89 bits per heavy atom. The molecule has 1 aromatic carbocycles. The lowest BCUT2D eigenvalue weighted by atomic mass is 9.93. The molecule has 6 nitrogen and oxygen atoms in total. The second kappa shape index (κ2) is 7.99. The van der Waals surface area contributed by atoms with Crippen molar-refractivity contribution >= 4 is 29.0 Å². The molecule has 2 aliphatic heterocycles. The zero-order chi connectivity index (χ0) is 18.1. The Morgan fingerprint density at radius 1 is 1.37 bits per heavy atom. The molecule has 2 saturated heterocycles. The summed E-state index contributed by atoms with van der Waals surface area (Å²) in [6, 6.07) is 10.6. The summed E-state index contributed by atoms with van der Waals surface area (Å²) in [4.78, 5) is 6.85. The average molecular weight is 388 g/mol. The first-order valence-corrected chi connectivity index (χ1v) is 9.21. The van der Waals surface area contributed by atoms with E-state index < -0.39 is 0 Å². The summed E-state index contributed by atoms with van der Waals surface area (Å²) < 4.78 is 5.25. The quantitative estimate of drug-likeness (QED) is 0.835. The molecule has 0 amide bonds. The molecule has 0 saturated carbocycles. The Morgan fingerprint density at radius 2 is 2.19 bits per heavy atom. The van der Waals surface area contributed by atoms with Gasteiger partial charge in [0.05, 0.1) is 29.8 Å². The van der Waals surface area contributed by atoms with E-state index in [-0.39, 0.29) is 17.9 Å². The molecule has 2 atom stereocenters. The standard InChI is InChI=1S/C20H25N5O.ClH/c1-14-7-16(24-11-20(22)12-26-13-20)10-25(9-14)18-5-4-15(8-21)19-17(18)3-2-6-23-19;/h2-6,14,16,24H,7,9-13,22H2,1H3;1H/t14-,16+;/m0./s1. The highest BCUT2D eigenvalue weighted by molar-refractivity contribution is 5.95. The van der Waals surface area contributed by atoms with Gasteiger partial charge in [0.1, 0.15) is 6.07 Å². The topological polar surface area (TPSA) is 87.2 Å². The molecule has 1 aromatic heterocycles. The summed E-state index contributed by atoms with van der Waals surface area (Å²) in [5, 5.41) is 14.1. The maximum Gasteiger partial charge on any atom is 0.101 e. The van der Waals surface area contributed by atoms with E-state index in [4.69, 9.17) is 10.5 Å². The lowest BCUT2D eigenvalue weighted by Gasteiger charge is -2.42. The second-order valence-corrected chi connectivity index (χ2v) is 7.82. The molecule has 144 valence electrons. The van der Waals surface area contributed by atoms with Crippen LogP contribution in [0.4, 0.5) is 5.69 Å². The fraction of sp³-hybridized carbons (Fsp3) is 0.500. The summed E-state index contributed by atoms with van der Waals surface area (Å²) in [6.07, 6.45) is 2.89. The van der Waals surface area contributed by atoms with E-state index in [1.54, 1.807) is 6.20 Å². The van der Waals surface area contributed by atoms with Crippen LogP contribution in [0.1, 0.15) is 18.9 Å². The van der Waals surface area contributed by atoms with Gasteiger partial charge in [0, 0.05) is 42.9 Å². The van der Waals surface area contributed by atoms with Crippen molar-refractivity contribution in [3.8, 4) is 6.07 Å². The zero-order valence-corrected chi connectivity index (χ0v) is 16.3. The third-order valence-electron chi connectivity index (χ3n) is 5.39. The van der Waals surface area contributed by atoms with Gasteiger partial charge in [-0.3, -0.25) is 4.98 Å². The summed E-state index contributed by atoms with van der Waals surface area (Å²) in [5.74, 6) is 0.579. The first kappa shape index (κ1) is 19.8. The van der Waals surface area contributed by atoms with Crippen LogP contribution < -0.4 is 16.0 Å². The molecule has 3 heterocycles. The van der Waals surface area contributed by atoms with Gasteiger partial charge in [0.25, 0.3) is 0 Å². The molecular formula is C20H26ClN5O. The third-order valence-corrected chi connectivity index (χ3v) is 5.39. The molecule has 2 aliphatic rings. The number of pyridine rings is 1. The zero-order valence-electron chi connectivity index (χ0n) is 15.5. The van der Waals surface area contributed by atoms with Crippen molar-refractivity contribution < 1.29 is 4.74 Å². The molecule has 2 aromatic rings. The summed E-state index contributed by atoms with van der Waals surface area (Å²) >= 11 is 0. The maximum absolute atomic E-state index is 9.36. The van der Waals surface area contributed by atoms with Crippen molar-refractivity contribution in [2.75, 3.05) is 37.7 Å². The van der Waals surface area contributed by atoms with Crippen LogP contribution in [0.25, 0.3) is 10.9 Å². The summed E-state index contributed by atoms with van der Waals surface area (Å²) in [5.41, 5.74) is 8.61. The fourth-order valence-corrected chi connectivity index (χ4v) is 4.03. The number of nitrogens with one attached hydrogen (secondary N) is 1. The number of aromatic nitrogens is 1. The minimum Gasteiger partial charge on any atom is -0.377 e. The third kappa shape index (κ3) is 4.02. The molecule has 27 heavy (non-hydrogen) atoms. The monoisotopic (exact) mass is 387 g/mol. The van der Waals surface area contributed by atoms with Crippen LogP contribution in [-0.2, 0) is 4.74 Å². The van der Waals surface area contributed by atoms with Crippen molar-refractivity contribution in [2.45, 2.75) is 24.9 Å². The normalized spacial score (nSPS) is 24.0. The fourth-order valence-electron chi connectivity index (χ4n) is 4.03. The van der Waals surface area contributed by atoms with Gasteiger partial charge in [-0.1, -0.05) is 6.92 Å². The molecule has 0 aliphatic carbocycles. The number of hydrogen-bond acceptors (Lipinski definition) is 6. The smallest absolute Gasteiger partial charge is 0.101 e. The van der Waals surface area contributed by atoms with Crippen LogP contribution in [0.2, 0.25) is 0 Å². The summed E-state index contributed by atoms with van der Waals surface area (Å²) in [6.45, 7) is 6.28. The Kier molecular flexibility index (Phi) is 5.87. The lowest BCUT2D eigenvalue weighted by molar-refractivity contribution is -0.0533. The number of rotatable bonds is 4. The van der Waals surface area contributed by atoms with Crippen LogP contribution >= 0.6 is 12.4 Å². The Bertz CT molecular complexity index is 848. The number of fused-ring (bicyclic) bond motifs is 1. The van der Waals surface area contributed by atoms with Gasteiger partial charge in [-0.25, -0.2) is 0 Å². The first-order valence-electron chi connectivity index (χ1n) is 9.21. The van der Waals surface area contributed by atoms with E-state index in [1.807, 2.05) is 12.1 Å². The number of halogens is 1. The minimum absolute atomic E-state index is 0. The number of hydrogen-bond donors (Lipinski definition) is 2. The molecule has 0 bridgehead atoms. The van der Waals surface area contributed by atoms with Gasteiger partial charge in [-0.2, -0.15) is 5.26 Å². The molecule has 7 heteroatoms. The molecule has 4 rings (SSSR count). The number of piperidine rings is 1. The summed E-state index contributed by atoms with van der Waals surface area (Å²) in [7, 11) is 0. The highest BCUT2D eigenvalue weighted by Crippen LogP contribution is 2.31. The number of nitrogens with two attached hydrogens (primary N) is 1. The van der Waals surface area contributed by atoms with Gasteiger partial charge < -0.3 is 20.7 Å². The van der Waals surface area contributed by atoms with Gasteiger partial charge in [0.2, 0.25) is 0 Å². The van der Waals surface area contributed by atoms with E-state index in [0.717, 1.165) is 42.6 Å². The Balaban J connectivity index is 0.00000210. The average Bonchev–Trinajstić information content (AvgIpc) is 2.63. The molecule has 0 radical (unpaired) electrons. The largest absolute Gasteiger partial charge is 0.377 e. The number of ether oxygens (including phenoxy) is 1. The van der Waals surface area contributed by atoms with Crippen molar-refractivity contribution in [1.29, 1.82) is 5.26 Å². The molecular weight excluding hydrogens is 362 g/mol. The van der Waals surface area contributed by atoms with Crippen molar-refractivity contribution in [2.24, 2.45) is 11.7 Å². The highest BCUT2D eigenvalue weighted by atomic mass is 35.5. The van der Waals surface area contributed by atoms with Crippen LogP contribution in [0.3, 0.4) is 0 Å².